The van der Waals surface area contributed by atoms with Crippen molar-refractivity contribution in [2.45, 2.75) is 41.7 Å². The summed E-state index contributed by atoms with van der Waals surface area (Å²) in [6.07, 6.45) is 3.00. The summed E-state index contributed by atoms with van der Waals surface area (Å²) in [5, 5.41) is 2.18. The van der Waals surface area contributed by atoms with E-state index in [2.05, 4.69) is 12.2 Å². The van der Waals surface area contributed by atoms with Gasteiger partial charge in [-0.25, -0.2) is 16.8 Å². The van der Waals surface area contributed by atoms with E-state index in [0.29, 0.717) is 10.9 Å². The molecule has 1 aromatic rings. The Morgan fingerprint density at radius 3 is 2.64 bits per heavy atom. The van der Waals surface area contributed by atoms with Gasteiger partial charge in [0.2, 0.25) is 0 Å². The highest BCUT2D eigenvalue weighted by Crippen LogP contribution is 2.32. The maximum Gasteiger partial charge on any atom is 0.193 e. The number of halogens is 1. The summed E-state index contributed by atoms with van der Waals surface area (Å²) in [6, 6.07) is 2.42. The lowest BCUT2D eigenvalue weighted by molar-refractivity contribution is 0.513. The number of unbranched alkanes of at least 4 members (excludes halogenated alkanes) is 2. The van der Waals surface area contributed by atoms with E-state index < -0.39 is 31.0 Å². The van der Waals surface area contributed by atoms with E-state index in [1.165, 1.54) is 12.1 Å². The van der Waals surface area contributed by atoms with Gasteiger partial charge in [-0.3, -0.25) is 0 Å². The number of hydrogen-bond donors (Lipinski definition) is 1. The molecule has 0 saturated carbocycles. The first-order valence-corrected chi connectivity index (χ1v) is 11.8. The standard InChI is InChI=1S/C13H20ClNO4S3/c1-2-3-4-7-15-10-8-21(16,17)9-11(10)22(18,19)13-6-5-12(14)20-13/h5-6,10-11,15H,2-4,7-9H2,1H3/t10-,11-/m0/s1. The number of thiophene rings is 1. The molecule has 1 aromatic heterocycles. The molecule has 0 unspecified atom stereocenters. The topological polar surface area (TPSA) is 80.3 Å². The van der Waals surface area contributed by atoms with Crippen LogP contribution in [0.4, 0.5) is 0 Å². The molecule has 0 spiro atoms. The predicted octanol–water partition coefficient (Wildman–Crippen LogP) is 2.12. The van der Waals surface area contributed by atoms with E-state index in [-0.39, 0.29) is 15.7 Å². The summed E-state index contributed by atoms with van der Waals surface area (Å²) in [6.45, 7) is 2.71. The van der Waals surface area contributed by atoms with Gasteiger partial charge in [0.05, 0.1) is 21.1 Å². The van der Waals surface area contributed by atoms with Crippen molar-refractivity contribution in [2.75, 3.05) is 18.1 Å². The molecular weight excluding hydrogens is 366 g/mol. The predicted molar refractivity (Wildman–Crippen MR) is 90.3 cm³/mol. The van der Waals surface area contributed by atoms with Gasteiger partial charge < -0.3 is 5.32 Å². The van der Waals surface area contributed by atoms with E-state index in [1.54, 1.807) is 0 Å². The van der Waals surface area contributed by atoms with Crippen molar-refractivity contribution in [3.8, 4) is 0 Å². The zero-order chi connectivity index (χ0) is 16.4. The molecule has 5 nitrogen and oxygen atoms in total. The molecule has 22 heavy (non-hydrogen) atoms. The van der Waals surface area contributed by atoms with Crippen LogP contribution in [0.25, 0.3) is 0 Å². The van der Waals surface area contributed by atoms with E-state index in [4.69, 9.17) is 11.6 Å². The Morgan fingerprint density at radius 1 is 1.32 bits per heavy atom. The minimum absolute atomic E-state index is 0.123. The first-order chi connectivity index (χ1) is 10.3. The molecule has 9 heteroatoms. The Hall–Kier alpha value is -0.150. The molecule has 0 aromatic carbocycles. The molecule has 2 rings (SSSR count). The van der Waals surface area contributed by atoms with Gasteiger partial charge in [0, 0.05) is 6.04 Å². The molecule has 0 amide bonds. The minimum atomic E-state index is -3.69. The fourth-order valence-electron chi connectivity index (χ4n) is 2.57. The molecule has 0 bridgehead atoms. The molecule has 1 saturated heterocycles. The fourth-order valence-corrected chi connectivity index (χ4v) is 9.00. The third-order valence-corrected chi connectivity index (χ3v) is 9.62. The molecule has 0 radical (unpaired) electrons. The summed E-state index contributed by atoms with van der Waals surface area (Å²) in [4.78, 5) is 0. The fraction of sp³-hybridized carbons (Fsp3) is 0.692. The van der Waals surface area contributed by atoms with Gasteiger partial charge in [0.15, 0.2) is 19.7 Å². The molecule has 2 atom stereocenters. The zero-order valence-electron chi connectivity index (χ0n) is 12.3. The largest absolute Gasteiger partial charge is 0.312 e. The van der Waals surface area contributed by atoms with Crippen molar-refractivity contribution in [1.29, 1.82) is 0 Å². The van der Waals surface area contributed by atoms with E-state index >= 15 is 0 Å². The zero-order valence-corrected chi connectivity index (χ0v) is 15.5. The van der Waals surface area contributed by atoms with Crippen molar-refractivity contribution in [3.05, 3.63) is 16.5 Å². The first kappa shape index (κ1) is 18.2. The lowest BCUT2D eigenvalue weighted by Crippen LogP contribution is -2.43. The van der Waals surface area contributed by atoms with Crippen LogP contribution in [0.2, 0.25) is 4.34 Å². The van der Waals surface area contributed by atoms with Crippen LogP contribution < -0.4 is 5.32 Å². The second-order valence-corrected chi connectivity index (χ2v) is 11.7. The SMILES string of the molecule is CCCCCN[C@H]1CS(=O)(=O)C[C@@H]1S(=O)(=O)c1ccc(Cl)s1. The van der Waals surface area contributed by atoms with Gasteiger partial charge in [0.25, 0.3) is 0 Å². The van der Waals surface area contributed by atoms with Crippen LogP contribution in [0.1, 0.15) is 26.2 Å². The number of rotatable bonds is 7. The summed E-state index contributed by atoms with van der Waals surface area (Å²) < 4.78 is 49.7. The summed E-state index contributed by atoms with van der Waals surface area (Å²) >= 11 is 6.77. The lowest BCUT2D eigenvalue weighted by atomic mass is 10.2. The summed E-state index contributed by atoms with van der Waals surface area (Å²) in [5.74, 6) is -0.446. The van der Waals surface area contributed by atoms with E-state index in [1.807, 2.05) is 0 Å². The molecule has 1 aliphatic heterocycles. The van der Waals surface area contributed by atoms with Crippen LogP contribution in [0.5, 0.6) is 0 Å². The Bertz CT molecular complexity index is 711. The highest BCUT2D eigenvalue weighted by molar-refractivity contribution is 7.97. The Balaban J connectivity index is 2.18. The highest BCUT2D eigenvalue weighted by atomic mass is 35.5. The molecule has 126 valence electrons. The van der Waals surface area contributed by atoms with Gasteiger partial charge in [-0.2, -0.15) is 0 Å². The Morgan fingerprint density at radius 2 is 2.05 bits per heavy atom. The lowest BCUT2D eigenvalue weighted by Gasteiger charge is -2.19. The van der Waals surface area contributed by atoms with Gasteiger partial charge >= 0.3 is 0 Å². The maximum absolute atomic E-state index is 12.7. The third kappa shape index (κ3) is 4.23. The molecule has 1 N–H and O–H groups in total. The smallest absolute Gasteiger partial charge is 0.193 e. The van der Waals surface area contributed by atoms with Gasteiger partial charge in [-0.05, 0) is 25.1 Å². The highest BCUT2D eigenvalue weighted by Gasteiger charge is 2.46. The third-order valence-electron chi connectivity index (χ3n) is 3.71. The van der Waals surface area contributed by atoms with Gasteiger partial charge in [0.1, 0.15) is 4.21 Å². The molecule has 1 aliphatic rings. The van der Waals surface area contributed by atoms with E-state index in [9.17, 15) is 16.8 Å². The van der Waals surface area contributed by atoms with Gasteiger partial charge in [-0.15, -0.1) is 11.3 Å². The second kappa shape index (κ2) is 7.17. The molecular formula is C13H20ClNO4S3. The Kier molecular flexibility index (Phi) is 5.93. The minimum Gasteiger partial charge on any atom is -0.312 e. The molecule has 0 aliphatic carbocycles. The number of hydrogen-bond acceptors (Lipinski definition) is 6. The van der Waals surface area contributed by atoms with Crippen molar-refractivity contribution < 1.29 is 16.8 Å². The van der Waals surface area contributed by atoms with Crippen molar-refractivity contribution in [2.24, 2.45) is 0 Å². The maximum atomic E-state index is 12.7. The normalized spacial score (nSPS) is 24.6. The van der Waals surface area contributed by atoms with E-state index in [0.717, 1.165) is 30.6 Å². The van der Waals surface area contributed by atoms with Crippen LogP contribution in [0.3, 0.4) is 0 Å². The first-order valence-electron chi connectivity index (χ1n) is 7.19. The molecule has 2 heterocycles. The Labute approximate surface area is 140 Å². The number of sulfone groups is 2. The summed E-state index contributed by atoms with van der Waals surface area (Å²) in [7, 11) is -7.03. The average molecular weight is 386 g/mol. The average Bonchev–Trinajstić information content (AvgIpc) is 2.99. The van der Waals surface area contributed by atoms with Crippen molar-refractivity contribution in [3.63, 3.8) is 0 Å². The quantitative estimate of drug-likeness (QED) is 0.727. The van der Waals surface area contributed by atoms with Gasteiger partial charge in [-0.1, -0.05) is 31.4 Å². The van der Waals surface area contributed by atoms with Crippen molar-refractivity contribution >= 4 is 42.6 Å². The summed E-state index contributed by atoms with van der Waals surface area (Å²) in [5.41, 5.74) is 0. The van der Waals surface area contributed by atoms with Crippen LogP contribution in [-0.4, -0.2) is 46.2 Å². The monoisotopic (exact) mass is 385 g/mol. The number of nitrogens with one attached hydrogen (secondary N) is 1. The van der Waals surface area contributed by atoms with Crippen LogP contribution in [0.15, 0.2) is 16.3 Å². The van der Waals surface area contributed by atoms with Crippen molar-refractivity contribution in [1.82, 2.24) is 5.32 Å². The second-order valence-electron chi connectivity index (χ2n) is 5.49. The van der Waals surface area contributed by atoms with Crippen LogP contribution in [0, 0.1) is 0 Å². The van der Waals surface area contributed by atoms with Crippen LogP contribution >= 0.6 is 22.9 Å². The van der Waals surface area contributed by atoms with Crippen LogP contribution in [-0.2, 0) is 19.7 Å². The molecule has 1 fully saturated rings.